The van der Waals surface area contributed by atoms with Crippen LogP contribution in [-0.2, 0) is 16.1 Å². The van der Waals surface area contributed by atoms with E-state index >= 15 is 0 Å². The molecule has 40 heavy (non-hydrogen) atoms. The number of carbonyl (C=O) groups excluding carboxylic acids is 2. The molecule has 8 nitrogen and oxygen atoms in total. The summed E-state index contributed by atoms with van der Waals surface area (Å²) in [4.78, 5) is 35.0. The van der Waals surface area contributed by atoms with Gasteiger partial charge in [-0.2, -0.15) is 0 Å². The average Bonchev–Trinajstić information content (AvgIpc) is 3.28. The Bertz CT molecular complexity index is 1530. The summed E-state index contributed by atoms with van der Waals surface area (Å²) < 4.78 is 2.18. The normalized spacial score (nSPS) is 18.5. The van der Waals surface area contributed by atoms with Crippen molar-refractivity contribution in [2.75, 3.05) is 25.4 Å². The Kier molecular flexibility index (Phi) is 7.74. The molecule has 1 atom stereocenters. The smallest absolute Gasteiger partial charge is 0.233 e. The highest BCUT2D eigenvalue weighted by Crippen LogP contribution is 2.30. The van der Waals surface area contributed by atoms with Crippen LogP contribution >= 0.6 is 11.8 Å². The predicted octanol–water partition coefficient (Wildman–Crippen LogP) is 5.07. The van der Waals surface area contributed by atoms with Crippen molar-refractivity contribution in [3.63, 3.8) is 0 Å². The van der Waals surface area contributed by atoms with Crippen molar-refractivity contribution in [3.8, 4) is 0 Å². The van der Waals surface area contributed by atoms with Gasteiger partial charge in [-0.25, -0.2) is 4.98 Å². The second-order valence-corrected chi connectivity index (χ2v) is 12.1. The van der Waals surface area contributed by atoms with Gasteiger partial charge in [0.2, 0.25) is 17.0 Å². The molecule has 2 aromatic carbocycles. The lowest BCUT2D eigenvalue weighted by atomic mass is 9.88. The zero-order chi connectivity index (χ0) is 27.6. The minimum absolute atomic E-state index is 0.0311. The predicted molar refractivity (Wildman–Crippen MR) is 158 cm³/mol. The lowest BCUT2D eigenvalue weighted by Crippen LogP contribution is -2.57. The Balaban J connectivity index is 1.15. The maximum atomic E-state index is 13.2. The second-order valence-electron chi connectivity index (χ2n) is 11.2. The van der Waals surface area contributed by atoms with E-state index in [0.29, 0.717) is 31.3 Å². The van der Waals surface area contributed by atoms with E-state index < -0.39 is 0 Å². The van der Waals surface area contributed by atoms with Crippen molar-refractivity contribution in [1.82, 2.24) is 29.5 Å². The first-order valence-electron chi connectivity index (χ1n) is 14.4. The Morgan fingerprint density at radius 3 is 2.58 bits per heavy atom. The van der Waals surface area contributed by atoms with Crippen LogP contribution in [0.5, 0.6) is 0 Å². The molecule has 208 valence electrons. The molecule has 0 bridgehead atoms. The summed E-state index contributed by atoms with van der Waals surface area (Å²) >= 11 is 1.33. The highest BCUT2D eigenvalue weighted by Gasteiger charge is 2.33. The molecule has 1 aliphatic heterocycles. The third-order valence-corrected chi connectivity index (χ3v) is 9.15. The second kappa shape index (κ2) is 11.6. The fourth-order valence-corrected chi connectivity index (χ4v) is 6.84. The van der Waals surface area contributed by atoms with Gasteiger partial charge in [0.15, 0.2) is 5.65 Å². The van der Waals surface area contributed by atoms with Gasteiger partial charge in [0, 0.05) is 43.5 Å². The maximum Gasteiger partial charge on any atom is 0.233 e. The number of nitrogens with zero attached hydrogens (tertiary/aromatic N) is 6. The topological polar surface area (TPSA) is 84.2 Å². The van der Waals surface area contributed by atoms with E-state index in [-0.39, 0.29) is 29.5 Å². The van der Waals surface area contributed by atoms with Gasteiger partial charge in [-0.1, -0.05) is 73.0 Å². The SMILES string of the molecule is Cc1ccc2c(c1)c1nnc(SCC(=O)N3CCN(C(=O)C4CCCCC4)C(C)C3)nc1n2Cc1ccccc1. The summed E-state index contributed by atoms with van der Waals surface area (Å²) in [5, 5.41) is 10.5. The summed E-state index contributed by atoms with van der Waals surface area (Å²) in [6.07, 6.45) is 5.54. The van der Waals surface area contributed by atoms with Crippen molar-refractivity contribution in [2.24, 2.45) is 5.92 Å². The molecule has 6 rings (SSSR count). The van der Waals surface area contributed by atoms with Crippen LogP contribution in [0.25, 0.3) is 22.1 Å². The van der Waals surface area contributed by atoms with Gasteiger partial charge in [0.1, 0.15) is 5.52 Å². The average molecular weight is 557 g/mol. The van der Waals surface area contributed by atoms with Gasteiger partial charge in [0.05, 0.1) is 11.3 Å². The molecule has 9 heteroatoms. The van der Waals surface area contributed by atoms with Gasteiger partial charge < -0.3 is 14.4 Å². The zero-order valence-electron chi connectivity index (χ0n) is 23.3. The third-order valence-electron chi connectivity index (χ3n) is 8.33. The van der Waals surface area contributed by atoms with E-state index in [9.17, 15) is 9.59 Å². The van der Waals surface area contributed by atoms with E-state index in [4.69, 9.17) is 4.98 Å². The molecule has 1 saturated heterocycles. The number of aryl methyl sites for hydroxylation is 1. The van der Waals surface area contributed by atoms with Crippen LogP contribution in [0.15, 0.2) is 53.7 Å². The summed E-state index contributed by atoms with van der Waals surface area (Å²) in [7, 11) is 0. The van der Waals surface area contributed by atoms with Crippen molar-refractivity contribution >= 4 is 45.6 Å². The molecular weight excluding hydrogens is 520 g/mol. The van der Waals surface area contributed by atoms with Gasteiger partial charge >= 0.3 is 0 Å². The number of amides is 2. The highest BCUT2D eigenvalue weighted by molar-refractivity contribution is 7.99. The number of benzene rings is 2. The van der Waals surface area contributed by atoms with E-state index in [1.54, 1.807) is 0 Å². The van der Waals surface area contributed by atoms with Crippen molar-refractivity contribution in [3.05, 3.63) is 59.7 Å². The van der Waals surface area contributed by atoms with Crippen LogP contribution in [0, 0.1) is 12.8 Å². The monoisotopic (exact) mass is 556 g/mol. The Labute approximate surface area is 239 Å². The van der Waals surface area contributed by atoms with Gasteiger partial charge in [-0.15, -0.1) is 10.2 Å². The first-order valence-corrected chi connectivity index (χ1v) is 15.3. The molecule has 0 spiro atoms. The summed E-state index contributed by atoms with van der Waals surface area (Å²) in [6.45, 7) is 6.56. The standard InChI is InChI=1S/C31H36N6O2S/c1-21-13-14-26-25(17-21)28-29(37(26)19-23-9-5-3-6-10-23)32-31(34-33-28)40-20-27(38)35-15-16-36(22(2)18-35)30(39)24-11-7-4-8-12-24/h3,5-6,9-10,13-14,17,22,24H,4,7-8,11-12,15-16,18-20H2,1-2H3. The number of carbonyl (C=O) groups is 2. The quantitative estimate of drug-likeness (QED) is 0.309. The summed E-state index contributed by atoms with van der Waals surface area (Å²) in [6, 6.07) is 16.7. The lowest BCUT2D eigenvalue weighted by Gasteiger charge is -2.41. The number of hydrogen-bond donors (Lipinski definition) is 0. The van der Waals surface area contributed by atoms with Gasteiger partial charge in [-0.05, 0) is 44.4 Å². The molecule has 0 radical (unpaired) electrons. The first kappa shape index (κ1) is 26.7. The number of fused-ring (bicyclic) bond motifs is 3. The number of piperazine rings is 1. The number of thioether (sulfide) groups is 1. The fraction of sp³-hybridized carbons (Fsp3) is 0.452. The lowest BCUT2D eigenvalue weighted by molar-refractivity contribution is -0.145. The van der Waals surface area contributed by atoms with Crippen molar-refractivity contribution in [1.29, 1.82) is 0 Å². The largest absolute Gasteiger partial charge is 0.338 e. The van der Waals surface area contributed by atoms with Crippen LogP contribution in [0.2, 0.25) is 0 Å². The van der Waals surface area contributed by atoms with E-state index in [1.807, 2.05) is 28.0 Å². The minimum Gasteiger partial charge on any atom is -0.338 e. The molecule has 2 aromatic heterocycles. The van der Waals surface area contributed by atoms with Crippen LogP contribution in [0.3, 0.4) is 0 Å². The molecule has 0 N–H and O–H groups in total. The number of rotatable bonds is 6. The van der Waals surface area contributed by atoms with Crippen LogP contribution in [0.4, 0.5) is 0 Å². The summed E-state index contributed by atoms with van der Waals surface area (Å²) in [5.74, 6) is 0.734. The summed E-state index contributed by atoms with van der Waals surface area (Å²) in [5.41, 5.74) is 4.96. The minimum atomic E-state index is 0.0311. The Hall–Kier alpha value is -3.46. The van der Waals surface area contributed by atoms with E-state index in [0.717, 1.165) is 53.3 Å². The Morgan fingerprint density at radius 1 is 1.00 bits per heavy atom. The van der Waals surface area contributed by atoms with Crippen LogP contribution < -0.4 is 0 Å². The molecule has 1 unspecified atom stereocenters. The van der Waals surface area contributed by atoms with E-state index in [1.165, 1.54) is 23.7 Å². The molecular formula is C31H36N6O2S. The fourth-order valence-electron chi connectivity index (χ4n) is 6.16. The van der Waals surface area contributed by atoms with Crippen molar-refractivity contribution in [2.45, 2.75) is 63.7 Å². The van der Waals surface area contributed by atoms with Crippen molar-refractivity contribution < 1.29 is 9.59 Å². The molecule has 3 heterocycles. The maximum absolute atomic E-state index is 13.2. The van der Waals surface area contributed by atoms with Gasteiger partial charge in [-0.3, -0.25) is 9.59 Å². The number of aromatic nitrogens is 4. The Morgan fingerprint density at radius 2 is 1.80 bits per heavy atom. The number of hydrogen-bond acceptors (Lipinski definition) is 6. The van der Waals surface area contributed by atoms with Crippen LogP contribution in [-0.4, -0.2) is 72.8 Å². The molecule has 1 saturated carbocycles. The molecule has 4 aromatic rings. The van der Waals surface area contributed by atoms with E-state index in [2.05, 4.69) is 58.9 Å². The third kappa shape index (κ3) is 5.44. The van der Waals surface area contributed by atoms with Gasteiger partial charge in [0.25, 0.3) is 0 Å². The molecule has 2 amide bonds. The van der Waals surface area contributed by atoms with Crippen LogP contribution in [0.1, 0.15) is 50.2 Å². The molecule has 2 fully saturated rings. The molecule has 1 aliphatic carbocycles. The first-order chi connectivity index (χ1) is 19.5. The zero-order valence-corrected chi connectivity index (χ0v) is 24.1. The molecule has 2 aliphatic rings. The highest BCUT2D eigenvalue weighted by atomic mass is 32.2.